The van der Waals surface area contributed by atoms with Crippen LogP contribution in [0.1, 0.15) is 12.0 Å². The third-order valence-electron chi connectivity index (χ3n) is 4.71. The Labute approximate surface area is 166 Å². The molecular formula is C20H25ClN2O3S. The van der Waals surface area contributed by atoms with Crippen molar-refractivity contribution in [2.24, 2.45) is 0 Å². The van der Waals surface area contributed by atoms with E-state index in [4.69, 9.17) is 15.8 Å². The number of hydrogen-bond donors (Lipinski definition) is 0. The summed E-state index contributed by atoms with van der Waals surface area (Å²) >= 11 is 6.07. The van der Waals surface area contributed by atoms with Crippen LogP contribution in [0.3, 0.4) is 0 Å². The van der Waals surface area contributed by atoms with E-state index >= 15 is 0 Å². The minimum absolute atomic E-state index is 0.199. The fourth-order valence-corrected chi connectivity index (χ4v) is 4.26. The molecule has 0 bridgehead atoms. The van der Waals surface area contributed by atoms with Gasteiger partial charge in [-0.15, -0.1) is 0 Å². The van der Waals surface area contributed by atoms with Gasteiger partial charge in [0.1, 0.15) is 0 Å². The Morgan fingerprint density at radius 3 is 2.41 bits per heavy atom. The highest BCUT2D eigenvalue weighted by Gasteiger charge is 2.18. The van der Waals surface area contributed by atoms with Crippen molar-refractivity contribution in [2.75, 3.05) is 44.2 Å². The van der Waals surface area contributed by atoms with Crippen LogP contribution in [0.5, 0.6) is 0 Å². The number of nitrogens with zero attached hydrogens (tertiary/aromatic N) is 2. The summed E-state index contributed by atoms with van der Waals surface area (Å²) in [5.41, 5.74) is 2.17. The van der Waals surface area contributed by atoms with Gasteiger partial charge in [0.15, 0.2) is 0 Å². The summed E-state index contributed by atoms with van der Waals surface area (Å²) in [5.74, 6) is 0. The van der Waals surface area contributed by atoms with Gasteiger partial charge in [0.25, 0.3) is 10.1 Å². The van der Waals surface area contributed by atoms with E-state index in [9.17, 15) is 8.42 Å². The molecule has 146 valence electrons. The first-order chi connectivity index (χ1) is 12.9. The Morgan fingerprint density at radius 2 is 1.74 bits per heavy atom. The van der Waals surface area contributed by atoms with Crippen LogP contribution in [-0.2, 0) is 14.3 Å². The van der Waals surface area contributed by atoms with Crippen LogP contribution in [0.15, 0.2) is 53.4 Å². The molecule has 2 aromatic rings. The molecule has 27 heavy (non-hydrogen) atoms. The van der Waals surface area contributed by atoms with Gasteiger partial charge in [-0.1, -0.05) is 35.4 Å². The Hall–Kier alpha value is -1.60. The van der Waals surface area contributed by atoms with E-state index in [1.165, 1.54) is 0 Å². The SMILES string of the molecule is Cc1ccc(S(=O)(=O)OCCCN2CCN(c3cccc(Cl)c3)CC2)cc1. The van der Waals surface area contributed by atoms with Crippen molar-refractivity contribution in [2.45, 2.75) is 18.2 Å². The number of aryl methyl sites for hydroxylation is 1. The molecule has 1 aliphatic heterocycles. The van der Waals surface area contributed by atoms with Crippen LogP contribution in [0, 0.1) is 6.92 Å². The third kappa shape index (κ3) is 5.69. The average Bonchev–Trinajstić information content (AvgIpc) is 2.66. The van der Waals surface area contributed by atoms with Gasteiger partial charge in [-0.05, 0) is 43.7 Å². The molecule has 1 fully saturated rings. The quantitative estimate of drug-likeness (QED) is 0.517. The molecule has 5 nitrogen and oxygen atoms in total. The van der Waals surface area contributed by atoms with E-state index < -0.39 is 10.1 Å². The lowest BCUT2D eigenvalue weighted by molar-refractivity contribution is 0.227. The first kappa shape index (κ1) is 20.1. The second-order valence-electron chi connectivity index (χ2n) is 6.75. The fraction of sp³-hybridized carbons (Fsp3) is 0.400. The van der Waals surface area contributed by atoms with Crippen molar-refractivity contribution in [1.82, 2.24) is 4.90 Å². The smallest absolute Gasteiger partial charge is 0.296 e. The van der Waals surface area contributed by atoms with Gasteiger partial charge < -0.3 is 4.90 Å². The molecule has 1 aliphatic rings. The van der Waals surface area contributed by atoms with E-state index in [0.717, 1.165) is 49.0 Å². The van der Waals surface area contributed by atoms with E-state index in [1.807, 2.05) is 25.1 Å². The number of hydrogen-bond acceptors (Lipinski definition) is 5. The Bertz CT molecular complexity index is 848. The fourth-order valence-electron chi connectivity index (χ4n) is 3.13. The zero-order valence-electron chi connectivity index (χ0n) is 15.5. The molecule has 0 radical (unpaired) electrons. The summed E-state index contributed by atoms with van der Waals surface area (Å²) in [6.45, 7) is 6.70. The maximum atomic E-state index is 12.2. The van der Waals surface area contributed by atoms with E-state index in [-0.39, 0.29) is 11.5 Å². The molecule has 0 saturated carbocycles. The molecule has 3 rings (SSSR count). The first-order valence-electron chi connectivity index (χ1n) is 9.13. The van der Waals surface area contributed by atoms with E-state index in [1.54, 1.807) is 24.3 Å². The molecule has 0 aromatic heterocycles. The van der Waals surface area contributed by atoms with E-state index in [2.05, 4.69) is 15.9 Å². The zero-order chi connectivity index (χ0) is 19.3. The standard InChI is InChI=1S/C20H25ClN2O3S/c1-17-6-8-20(9-7-17)27(24,25)26-15-3-10-22-11-13-23(14-12-22)19-5-2-4-18(21)16-19/h2,4-9,16H,3,10-15H2,1H3. The molecule has 1 heterocycles. The van der Waals surface area contributed by atoms with Crippen molar-refractivity contribution in [3.05, 3.63) is 59.1 Å². The van der Waals surface area contributed by atoms with Crippen LogP contribution in [0.2, 0.25) is 5.02 Å². The molecule has 0 spiro atoms. The molecule has 0 unspecified atom stereocenters. The summed E-state index contributed by atoms with van der Waals surface area (Å²) in [6.07, 6.45) is 0.683. The highest BCUT2D eigenvalue weighted by molar-refractivity contribution is 7.86. The molecule has 1 saturated heterocycles. The van der Waals surface area contributed by atoms with Gasteiger partial charge in [-0.3, -0.25) is 9.08 Å². The van der Waals surface area contributed by atoms with Crippen molar-refractivity contribution in [3.63, 3.8) is 0 Å². The summed E-state index contributed by atoms with van der Waals surface area (Å²) in [6, 6.07) is 14.6. The predicted molar refractivity (Wildman–Crippen MR) is 109 cm³/mol. The van der Waals surface area contributed by atoms with Gasteiger partial charge in [0, 0.05) is 43.4 Å². The topological polar surface area (TPSA) is 49.9 Å². The Balaban J connectivity index is 1.40. The van der Waals surface area contributed by atoms with Crippen molar-refractivity contribution in [1.29, 1.82) is 0 Å². The zero-order valence-corrected chi connectivity index (χ0v) is 17.0. The van der Waals surface area contributed by atoms with Crippen molar-refractivity contribution in [3.8, 4) is 0 Å². The van der Waals surface area contributed by atoms with Crippen LogP contribution < -0.4 is 4.90 Å². The molecule has 0 amide bonds. The van der Waals surface area contributed by atoms with Crippen LogP contribution >= 0.6 is 11.6 Å². The van der Waals surface area contributed by atoms with Crippen LogP contribution in [-0.4, -0.2) is 52.6 Å². The van der Waals surface area contributed by atoms with E-state index in [0.29, 0.717) is 6.42 Å². The summed E-state index contributed by atoms with van der Waals surface area (Å²) in [5, 5.41) is 0.752. The van der Waals surface area contributed by atoms with Crippen LogP contribution in [0.25, 0.3) is 0 Å². The second-order valence-corrected chi connectivity index (χ2v) is 8.80. The van der Waals surface area contributed by atoms with Gasteiger partial charge in [-0.2, -0.15) is 8.42 Å². The Morgan fingerprint density at radius 1 is 1.04 bits per heavy atom. The van der Waals surface area contributed by atoms with Gasteiger partial charge in [0.05, 0.1) is 11.5 Å². The minimum atomic E-state index is -3.67. The van der Waals surface area contributed by atoms with Crippen molar-refractivity contribution >= 4 is 27.4 Å². The van der Waals surface area contributed by atoms with Crippen LogP contribution in [0.4, 0.5) is 5.69 Å². The van der Waals surface area contributed by atoms with Gasteiger partial charge in [0.2, 0.25) is 0 Å². The monoisotopic (exact) mass is 408 g/mol. The van der Waals surface area contributed by atoms with Gasteiger partial charge in [-0.25, -0.2) is 0 Å². The van der Waals surface area contributed by atoms with Crippen molar-refractivity contribution < 1.29 is 12.6 Å². The predicted octanol–water partition coefficient (Wildman–Crippen LogP) is 3.57. The lowest BCUT2D eigenvalue weighted by Gasteiger charge is -2.36. The molecule has 0 N–H and O–H groups in total. The highest BCUT2D eigenvalue weighted by atomic mass is 35.5. The minimum Gasteiger partial charge on any atom is -0.369 e. The summed E-state index contributed by atoms with van der Waals surface area (Å²) in [4.78, 5) is 4.87. The Kier molecular flexibility index (Phi) is 6.76. The largest absolute Gasteiger partial charge is 0.369 e. The second kappa shape index (κ2) is 9.06. The molecule has 0 aliphatic carbocycles. The number of piperazine rings is 1. The number of anilines is 1. The third-order valence-corrected chi connectivity index (χ3v) is 6.27. The molecule has 2 aromatic carbocycles. The number of halogens is 1. The molecule has 0 atom stereocenters. The lowest BCUT2D eigenvalue weighted by atomic mass is 10.2. The van der Waals surface area contributed by atoms with Gasteiger partial charge >= 0.3 is 0 Å². The average molecular weight is 409 g/mol. The maximum absolute atomic E-state index is 12.2. The number of rotatable bonds is 7. The number of benzene rings is 2. The maximum Gasteiger partial charge on any atom is 0.296 e. The summed E-state index contributed by atoms with van der Waals surface area (Å²) in [7, 11) is -3.67. The normalized spacial score (nSPS) is 15.9. The molecular weight excluding hydrogens is 384 g/mol. The first-order valence-corrected chi connectivity index (χ1v) is 10.9. The molecule has 7 heteroatoms. The lowest BCUT2D eigenvalue weighted by Crippen LogP contribution is -2.46. The highest BCUT2D eigenvalue weighted by Crippen LogP contribution is 2.21. The summed E-state index contributed by atoms with van der Waals surface area (Å²) < 4.78 is 29.5.